The Morgan fingerprint density at radius 2 is 1.79 bits per heavy atom. The van der Waals surface area contributed by atoms with Gasteiger partial charge >= 0.3 is 0 Å². The van der Waals surface area contributed by atoms with E-state index in [2.05, 4.69) is 21.7 Å². The number of benzene rings is 2. The molecule has 0 saturated carbocycles. The van der Waals surface area contributed by atoms with Crippen LogP contribution in [0.15, 0.2) is 66.9 Å². The molecule has 1 amide bonds. The Hall–Kier alpha value is -3.54. The van der Waals surface area contributed by atoms with E-state index >= 15 is 0 Å². The molecule has 6 nitrogen and oxygen atoms in total. The Morgan fingerprint density at radius 1 is 1.00 bits per heavy atom. The molecule has 6 heteroatoms. The standard InChI is InChI=1S/C23H25N3O3/c1-3-29-20-10-7-18(8-11-20)26-23(27)22-12-9-19(16-25-22)24-14-13-17-5-4-6-21(15-17)28-2/h4-12,15-16,24H,3,13-14H2,1-2H3,(H,26,27). The molecule has 0 unspecified atom stereocenters. The number of ether oxygens (including phenoxy) is 2. The van der Waals surface area contributed by atoms with Crippen LogP contribution >= 0.6 is 0 Å². The molecule has 3 aromatic rings. The largest absolute Gasteiger partial charge is 0.497 e. The maximum absolute atomic E-state index is 12.4. The summed E-state index contributed by atoms with van der Waals surface area (Å²) in [5.41, 5.74) is 3.11. The van der Waals surface area contributed by atoms with Crippen molar-refractivity contribution in [1.29, 1.82) is 0 Å². The molecular weight excluding hydrogens is 366 g/mol. The second kappa shape index (κ2) is 10.1. The number of amides is 1. The lowest BCUT2D eigenvalue weighted by Gasteiger charge is -2.09. The van der Waals surface area contributed by atoms with E-state index in [1.165, 1.54) is 5.56 Å². The van der Waals surface area contributed by atoms with E-state index < -0.39 is 0 Å². The molecule has 0 bridgehead atoms. The quantitative estimate of drug-likeness (QED) is 0.566. The molecule has 0 aliphatic carbocycles. The molecule has 0 radical (unpaired) electrons. The van der Waals surface area contributed by atoms with Gasteiger partial charge in [-0.25, -0.2) is 4.98 Å². The van der Waals surface area contributed by atoms with Gasteiger partial charge in [0.25, 0.3) is 5.91 Å². The van der Waals surface area contributed by atoms with E-state index in [0.29, 0.717) is 18.0 Å². The van der Waals surface area contributed by atoms with Crippen LogP contribution < -0.4 is 20.1 Å². The minimum atomic E-state index is -0.253. The number of anilines is 2. The van der Waals surface area contributed by atoms with Gasteiger partial charge in [0.15, 0.2) is 0 Å². The molecule has 1 heterocycles. The average molecular weight is 391 g/mol. The van der Waals surface area contributed by atoms with E-state index in [1.807, 2.05) is 43.3 Å². The summed E-state index contributed by atoms with van der Waals surface area (Å²) in [5.74, 6) is 1.37. The first-order valence-electron chi connectivity index (χ1n) is 9.55. The van der Waals surface area contributed by atoms with Gasteiger partial charge in [0.05, 0.1) is 25.6 Å². The number of methoxy groups -OCH3 is 1. The predicted molar refractivity (Wildman–Crippen MR) is 115 cm³/mol. The van der Waals surface area contributed by atoms with Crippen LogP contribution in [0.5, 0.6) is 11.5 Å². The summed E-state index contributed by atoms with van der Waals surface area (Å²) in [6, 6.07) is 18.8. The monoisotopic (exact) mass is 391 g/mol. The summed E-state index contributed by atoms with van der Waals surface area (Å²) in [6.45, 7) is 3.29. The maximum Gasteiger partial charge on any atom is 0.274 e. The summed E-state index contributed by atoms with van der Waals surface area (Å²) >= 11 is 0. The van der Waals surface area contributed by atoms with Crippen molar-refractivity contribution in [3.05, 3.63) is 78.1 Å². The predicted octanol–water partition coefficient (Wildman–Crippen LogP) is 4.40. The zero-order chi connectivity index (χ0) is 20.5. The van der Waals surface area contributed by atoms with Gasteiger partial charge < -0.3 is 20.1 Å². The number of hydrogen-bond acceptors (Lipinski definition) is 5. The topological polar surface area (TPSA) is 72.5 Å². The van der Waals surface area contributed by atoms with Gasteiger partial charge in [0, 0.05) is 12.2 Å². The fraction of sp³-hybridized carbons (Fsp3) is 0.217. The first kappa shape index (κ1) is 20.2. The Morgan fingerprint density at radius 3 is 2.48 bits per heavy atom. The Balaban J connectivity index is 1.50. The number of carbonyl (C=O) groups is 1. The molecule has 0 atom stereocenters. The second-order valence-electron chi connectivity index (χ2n) is 6.37. The molecule has 2 N–H and O–H groups in total. The summed E-state index contributed by atoms with van der Waals surface area (Å²) in [5, 5.41) is 6.15. The van der Waals surface area contributed by atoms with Crippen LogP contribution in [0.3, 0.4) is 0 Å². The molecular formula is C23H25N3O3. The number of hydrogen-bond donors (Lipinski definition) is 2. The van der Waals surface area contributed by atoms with Crippen molar-refractivity contribution in [2.45, 2.75) is 13.3 Å². The van der Waals surface area contributed by atoms with Gasteiger partial charge in [-0.2, -0.15) is 0 Å². The van der Waals surface area contributed by atoms with Gasteiger partial charge in [-0.1, -0.05) is 12.1 Å². The molecule has 0 aliphatic heterocycles. The Labute approximate surface area is 170 Å². The van der Waals surface area contributed by atoms with Gasteiger partial charge in [-0.3, -0.25) is 4.79 Å². The zero-order valence-electron chi connectivity index (χ0n) is 16.6. The molecule has 150 valence electrons. The average Bonchev–Trinajstić information content (AvgIpc) is 2.76. The maximum atomic E-state index is 12.4. The SMILES string of the molecule is CCOc1ccc(NC(=O)c2ccc(NCCc3cccc(OC)c3)cn2)cc1. The van der Waals surface area contributed by atoms with Crippen LogP contribution in [0, 0.1) is 0 Å². The van der Waals surface area contributed by atoms with Crippen LogP contribution in [0.4, 0.5) is 11.4 Å². The minimum absolute atomic E-state index is 0.253. The summed E-state index contributed by atoms with van der Waals surface area (Å²) in [4.78, 5) is 16.6. The highest BCUT2D eigenvalue weighted by Gasteiger charge is 2.08. The molecule has 0 aliphatic rings. The summed E-state index contributed by atoms with van der Waals surface area (Å²) in [6.07, 6.45) is 2.52. The third kappa shape index (κ3) is 5.97. The highest BCUT2D eigenvalue weighted by atomic mass is 16.5. The molecule has 29 heavy (non-hydrogen) atoms. The Bertz CT molecular complexity index is 925. The van der Waals surface area contributed by atoms with Crippen LogP contribution in [-0.2, 0) is 6.42 Å². The normalized spacial score (nSPS) is 10.3. The second-order valence-corrected chi connectivity index (χ2v) is 6.37. The number of carbonyl (C=O) groups excluding carboxylic acids is 1. The molecule has 0 fully saturated rings. The van der Waals surface area contributed by atoms with Gasteiger partial charge in [-0.05, 0) is 67.4 Å². The fourth-order valence-electron chi connectivity index (χ4n) is 2.81. The van der Waals surface area contributed by atoms with Gasteiger partial charge in [-0.15, -0.1) is 0 Å². The van der Waals surface area contributed by atoms with Crippen molar-refractivity contribution < 1.29 is 14.3 Å². The minimum Gasteiger partial charge on any atom is -0.497 e. The number of pyridine rings is 1. The first-order chi connectivity index (χ1) is 14.2. The van der Waals surface area contributed by atoms with Crippen LogP contribution in [0.2, 0.25) is 0 Å². The van der Waals surface area contributed by atoms with Crippen LogP contribution in [0.1, 0.15) is 23.0 Å². The highest BCUT2D eigenvalue weighted by molar-refractivity contribution is 6.02. The van der Waals surface area contributed by atoms with Crippen molar-refractivity contribution >= 4 is 17.3 Å². The number of nitrogens with zero attached hydrogens (tertiary/aromatic N) is 1. The molecule has 1 aromatic heterocycles. The van der Waals surface area contributed by atoms with Crippen molar-refractivity contribution in [2.75, 3.05) is 30.9 Å². The van der Waals surface area contributed by atoms with Crippen molar-refractivity contribution in [3.8, 4) is 11.5 Å². The van der Waals surface area contributed by atoms with E-state index in [1.54, 1.807) is 31.5 Å². The zero-order valence-corrected chi connectivity index (χ0v) is 16.6. The van der Waals surface area contributed by atoms with Crippen molar-refractivity contribution in [2.24, 2.45) is 0 Å². The fourth-order valence-corrected chi connectivity index (χ4v) is 2.81. The van der Waals surface area contributed by atoms with E-state index in [-0.39, 0.29) is 5.91 Å². The van der Waals surface area contributed by atoms with Crippen molar-refractivity contribution in [3.63, 3.8) is 0 Å². The van der Waals surface area contributed by atoms with Crippen molar-refractivity contribution in [1.82, 2.24) is 4.98 Å². The van der Waals surface area contributed by atoms with Crippen LogP contribution in [0.25, 0.3) is 0 Å². The third-order valence-electron chi connectivity index (χ3n) is 4.30. The molecule has 3 rings (SSSR count). The molecule has 2 aromatic carbocycles. The lowest BCUT2D eigenvalue weighted by atomic mass is 10.1. The third-order valence-corrected chi connectivity index (χ3v) is 4.30. The van der Waals surface area contributed by atoms with Crippen LogP contribution in [-0.4, -0.2) is 31.2 Å². The van der Waals surface area contributed by atoms with Gasteiger partial charge in [0.2, 0.25) is 0 Å². The first-order valence-corrected chi connectivity index (χ1v) is 9.55. The molecule has 0 saturated heterocycles. The van der Waals surface area contributed by atoms with E-state index in [0.717, 1.165) is 30.2 Å². The molecule has 0 spiro atoms. The van der Waals surface area contributed by atoms with Gasteiger partial charge in [0.1, 0.15) is 17.2 Å². The number of nitrogens with one attached hydrogen (secondary N) is 2. The summed E-state index contributed by atoms with van der Waals surface area (Å²) < 4.78 is 10.6. The number of rotatable bonds is 9. The smallest absolute Gasteiger partial charge is 0.274 e. The van der Waals surface area contributed by atoms with E-state index in [9.17, 15) is 4.79 Å². The number of aromatic nitrogens is 1. The Kier molecular flexibility index (Phi) is 7.05. The lowest BCUT2D eigenvalue weighted by Crippen LogP contribution is -2.14. The van der Waals surface area contributed by atoms with E-state index in [4.69, 9.17) is 9.47 Å². The lowest BCUT2D eigenvalue weighted by molar-refractivity contribution is 0.102. The highest BCUT2D eigenvalue weighted by Crippen LogP contribution is 2.17. The summed E-state index contributed by atoms with van der Waals surface area (Å²) in [7, 11) is 1.66.